The first-order chi connectivity index (χ1) is 14.6. The largest absolute Gasteiger partial charge is 0.444 e. The van der Waals surface area contributed by atoms with Crippen LogP contribution in [0.1, 0.15) is 40.8 Å². The van der Waals surface area contributed by atoms with Crippen molar-refractivity contribution in [3.05, 3.63) is 44.5 Å². The van der Waals surface area contributed by atoms with Crippen LogP contribution in [-0.2, 0) is 27.2 Å². The number of hydrogen-bond donors (Lipinski definition) is 1. The Morgan fingerprint density at radius 3 is 3.03 bits per heavy atom. The van der Waals surface area contributed by atoms with Gasteiger partial charge >= 0.3 is 6.09 Å². The van der Waals surface area contributed by atoms with Gasteiger partial charge in [0.25, 0.3) is 0 Å². The summed E-state index contributed by atoms with van der Waals surface area (Å²) < 4.78 is 5.62. The van der Waals surface area contributed by atoms with E-state index in [0.717, 1.165) is 28.8 Å². The van der Waals surface area contributed by atoms with Crippen LogP contribution in [-0.4, -0.2) is 36.3 Å². The van der Waals surface area contributed by atoms with E-state index in [4.69, 9.17) is 9.57 Å². The van der Waals surface area contributed by atoms with E-state index in [9.17, 15) is 14.9 Å². The first-order valence-corrected chi connectivity index (χ1v) is 11.6. The molecule has 2 aromatic heterocycles. The Morgan fingerprint density at radius 2 is 2.30 bits per heavy atom. The van der Waals surface area contributed by atoms with Crippen LogP contribution in [0.2, 0.25) is 0 Å². The molecule has 7 nitrogen and oxygen atoms in total. The number of rotatable bonds is 4. The van der Waals surface area contributed by atoms with E-state index in [1.807, 2.05) is 16.8 Å². The average molecular weight is 444 g/mol. The zero-order valence-corrected chi connectivity index (χ0v) is 17.9. The molecule has 30 heavy (non-hydrogen) atoms. The molecule has 1 atom stereocenters. The number of nitrogens with one attached hydrogen (secondary N) is 1. The zero-order valence-electron chi connectivity index (χ0n) is 16.3. The van der Waals surface area contributed by atoms with Crippen molar-refractivity contribution in [2.75, 3.05) is 18.5 Å². The molecule has 4 rings (SSSR count). The number of thiophene rings is 2. The molecular formula is C21H21N3O4S2. The quantitative estimate of drug-likeness (QED) is 0.709. The zero-order chi connectivity index (χ0) is 20.9. The molecule has 1 saturated heterocycles. The molecule has 156 valence electrons. The predicted octanol–water partition coefficient (Wildman–Crippen LogP) is 4.35. The van der Waals surface area contributed by atoms with Gasteiger partial charge in [0, 0.05) is 17.4 Å². The van der Waals surface area contributed by atoms with Crippen molar-refractivity contribution >= 4 is 45.8 Å². The summed E-state index contributed by atoms with van der Waals surface area (Å²) in [6, 6.07) is 4.15. The summed E-state index contributed by atoms with van der Waals surface area (Å²) in [4.78, 5) is 30.9. The van der Waals surface area contributed by atoms with E-state index in [2.05, 4.69) is 11.4 Å². The Bertz CT molecular complexity index is 985. The van der Waals surface area contributed by atoms with Crippen LogP contribution >= 0.6 is 22.7 Å². The lowest BCUT2D eigenvalue weighted by molar-refractivity contribution is -0.161. The second-order valence-electron chi connectivity index (χ2n) is 7.09. The molecular weight excluding hydrogens is 422 g/mol. The Morgan fingerprint density at radius 1 is 1.40 bits per heavy atom. The van der Waals surface area contributed by atoms with Crippen LogP contribution in [0.3, 0.4) is 0 Å². The maximum atomic E-state index is 12.3. The van der Waals surface area contributed by atoms with Gasteiger partial charge in [-0.3, -0.25) is 9.63 Å². The smallest absolute Gasteiger partial charge is 0.434 e. The third-order valence-corrected chi connectivity index (χ3v) is 6.88. The highest BCUT2D eigenvalue weighted by atomic mass is 32.1. The molecule has 1 N–H and O–H groups in total. The topological polar surface area (TPSA) is 91.7 Å². The SMILES string of the molecule is N#Cc1c(NC(=O)/C=C/c2ccsc2)sc2c1CCC(OC(=O)N1CCCCO1)C2. The van der Waals surface area contributed by atoms with Crippen LogP contribution < -0.4 is 5.32 Å². The van der Waals surface area contributed by atoms with Crippen LogP contribution in [0.15, 0.2) is 22.9 Å². The highest BCUT2D eigenvalue weighted by Gasteiger charge is 2.30. The minimum atomic E-state index is -0.452. The van der Waals surface area contributed by atoms with Crippen LogP contribution in [0, 0.1) is 11.3 Å². The first-order valence-electron chi connectivity index (χ1n) is 9.81. The monoisotopic (exact) mass is 443 g/mol. The van der Waals surface area contributed by atoms with Crippen molar-refractivity contribution in [2.24, 2.45) is 0 Å². The number of hydrogen-bond acceptors (Lipinski definition) is 7. The third-order valence-electron chi connectivity index (χ3n) is 5.01. The van der Waals surface area contributed by atoms with Gasteiger partial charge in [0.05, 0.1) is 18.7 Å². The summed E-state index contributed by atoms with van der Waals surface area (Å²) in [7, 11) is 0. The number of hydroxylamine groups is 2. The maximum absolute atomic E-state index is 12.3. The number of amides is 2. The maximum Gasteiger partial charge on any atom is 0.434 e. The van der Waals surface area contributed by atoms with Gasteiger partial charge in [-0.25, -0.2) is 4.79 Å². The minimum Gasteiger partial charge on any atom is -0.444 e. The highest BCUT2D eigenvalue weighted by molar-refractivity contribution is 7.16. The molecule has 0 saturated carbocycles. The van der Waals surface area contributed by atoms with Crippen LogP contribution in [0.5, 0.6) is 0 Å². The van der Waals surface area contributed by atoms with E-state index in [1.54, 1.807) is 17.4 Å². The van der Waals surface area contributed by atoms with Gasteiger partial charge in [0.2, 0.25) is 5.91 Å². The normalized spacial score (nSPS) is 18.6. The van der Waals surface area contributed by atoms with E-state index in [0.29, 0.717) is 43.0 Å². The number of carbonyl (C=O) groups is 2. The van der Waals surface area contributed by atoms with Crippen LogP contribution in [0.4, 0.5) is 9.80 Å². The third kappa shape index (κ3) is 4.73. The lowest BCUT2D eigenvalue weighted by Crippen LogP contribution is -2.39. The Balaban J connectivity index is 1.41. The fourth-order valence-corrected chi connectivity index (χ4v) is 5.39. The van der Waals surface area contributed by atoms with Gasteiger partial charge in [-0.05, 0) is 59.7 Å². The average Bonchev–Trinajstić information content (AvgIpc) is 3.39. The molecule has 9 heteroatoms. The molecule has 1 unspecified atom stereocenters. The summed E-state index contributed by atoms with van der Waals surface area (Å²) in [6.45, 7) is 1.08. The van der Waals surface area contributed by atoms with Crippen molar-refractivity contribution < 1.29 is 19.2 Å². The molecule has 2 aromatic rings. The number of carbonyl (C=O) groups excluding carboxylic acids is 2. The summed E-state index contributed by atoms with van der Waals surface area (Å²) in [5, 5.41) is 18.2. The predicted molar refractivity (Wildman–Crippen MR) is 115 cm³/mol. The Kier molecular flexibility index (Phi) is 6.47. The van der Waals surface area contributed by atoms with Crippen LogP contribution in [0.25, 0.3) is 6.08 Å². The fraction of sp³-hybridized carbons (Fsp3) is 0.381. The number of anilines is 1. The number of ether oxygens (including phenoxy) is 1. The lowest BCUT2D eigenvalue weighted by atomic mass is 9.94. The van der Waals surface area contributed by atoms with E-state index < -0.39 is 6.09 Å². The Hall–Kier alpha value is -2.67. The molecule has 1 fully saturated rings. The van der Waals surface area contributed by atoms with E-state index in [-0.39, 0.29) is 12.0 Å². The van der Waals surface area contributed by atoms with Gasteiger partial charge in [0.1, 0.15) is 17.2 Å². The van der Waals surface area contributed by atoms with Gasteiger partial charge in [-0.15, -0.1) is 11.3 Å². The van der Waals surface area contributed by atoms with Gasteiger partial charge in [-0.1, -0.05) is 0 Å². The van der Waals surface area contributed by atoms with Crippen molar-refractivity contribution in [3.63, 3.8) is 0 Å². The summed E-state index contributed by atoms with van der Waals surface area (Å²) in [5.74, 6) is -0.276. The molecule has 3 heterocycles. The number of nitriles is 1. The molecule has 0 spiro atoms. The second kappa shape index (κ2) is 9.43. The van der Waals surface area contributed by atoms with E-state index in [1.165, 1.54) is 22.5 Å². The molecule has 2 amide bonds. The fourth-order valence-electron chi connectivity index (χ4n) is 3.50. The van der Waals surface area contributed by atoms with Gasteiger partial charge in [0.15, 0.2) is 0 Å². The van der Waals surface area contributed by atoms with Crippen molar-refractivity contribution in [1.82, 2.24) is 5.06 Å². The second-order valence-corrected chi connectivity index (χ2v) is 8.98. The Labute approximate surface area is 182 Å². The summed E-state index contributed by atoms with van der Waals surface area (Å²) in [5.41, 5.74) is 2.42. The summed E-state index contributed by atoms with van der Waals surface area (Å²) in [6.07, 6.45) is 6.15. The van der Waals surface area contributed by atoms with Gasteiger partial charge in [-0.2, -0.15) is 21.7 Å². The first kappa shape index (κ1) is 20.6. The molecule has 1 aliphatic carbocycles. The lowest BCUT2D eigenvalue weighted by Gasteiger charge is -2.28. The molecule has 0 radical (unpaired) electrons. The molecule has 0 bridgehead atoms. The van der Waals surface area contributed by atoms with E-state index >= 15 is 0 Å². The standard InChI is InChI=1S/C21H21N3O4S2/c22-12-17-16-5-4-15(28-21(26)24-8-1-2-9-27-24)11-18(16)30-20(17)23-19(25)6-3-14-7-10-29-13-14/h3,6-7,10,13,15H,1-2,4-5,8-9,11H2,(H,23,25)/b6-3+. The molecule has 0 aromatic carbocycles. The molecule has 1 aliphatic heterocycles. The number of nitrogens with zero attached hydrogens (tertiary/aromatic N) is 2. The van der Waals surface area contributed by atoms with Crippen molar-refractivity contribution in [1.29, 1.82) is 5.26 Å². The highest BCUT2D eigenvalue weighted by Crippen LogP contribution is 2.38. The molecule has 2 aliphatic rings. The van der Waals surface area contributed by atoms with Crippen molar-refractivity contribution in [3.8, 4) is 6.07 Å². The van der Waals surface area contributed by atoms with Gasteiger partial charge < -0.3 is 10.1 Å². The number of fused-ring (bicyclic) bond motifs is 1. The summed E-state index contributed by atoms with van der Waals surface area (Å²) >= 11 is 2.94. The minimum absolute atomic E-state index is 0.261. The van der Waals surface area contributed by atoms with Crippen molar-refractivity contribution in [2.45, 2.75) is 38.2 Å².